The molecule has 0 saturated heterocycles. The highest BCUT2D eigenvalue weighted by atomic mass is 32.2. The lowest BCUT2D eigenvalue weighted by Crippen LogP contribution is -2.48. The van der Waals surface area contributed by atoms with E-state index in [1.807, 2.05) is 0 Å². The average molecular weight is 516 g/mol. The zero-order chi connectivity index (χ0) is 26.2. The minimum Gasteiger partial charge on any atom is -0.478 e. The Bertz CT molecular complexity index is 1200. The number of unbranched alkanes of at least 4 members (excludes halogenated alkanes) is 1. The monoisotopic (exact) mass is 515 g/mol. The van der Waals surface area contributed by atoms with E-state index in [4.69, 9.17) is 5.73 Å². The smallest absolute Gasteiger partial charge is 0.335 e. The highest BCUT2D eigenvalue weighted by Gasteiger charge is 2.25. The molecule has 1 heterocycles. The Morgan fingerprint density at radius 3 is 2.64 bits per heavy atom. The van der Waals surface area contributed by atoms with E-state index in [2.05, 4.69) is 16.0 Å². The minimum atomic E-state index is -1.18. The van der Waals surface area contributed by atoms with Gasteiger partial charge in [0.15, 0.2) is 0 Å². The van der Waals surface area contributed by atoms with Crippen LogP contribution in [0, 0.1) is 10.1 Å². The number of amides is 3. The van der Waals surface area contributed by atoms with Gasteiger partial charge in [0.25, 0.3) is 11.6 Å². The number of nitro benzene ring substituents is 1. The molecule has 0 aliphatic carbocycles. The lowest BCUT2D eigenvalue weighted by molar-refractivity contribution is -0.384. The van der Waals surface area contributed by atoms with Crippen LogP contribution in [0.25, 0.3) is 0 Å². The van der Waals surface area contributed by atoms with E-state index in [1.54, 1.807) is 0 Å². The maximum Gasteiger partial charge on any atom is 0.335 e. The number of carboxylic acid groups (broad SMARTS) is 1. The van der Waals surface area contributed by atoms with E-state index >= 15 is 0 Å². The second kappa shape index (κ2) is 12.1. The molecule has 1 aliphatic heterocycles. The van der Waals surface area contributed by atoms with E-state index in [0.717, 1.165) is 6.07 Å². The van der Waals surface area contributed by atoms with Crippen molar-refractivity contribution < 1.29 is 29.2 Å². The molecule has 0 unspecified atom stereocenters. The third kappa shape index (κ3) is 6.79. The first-order chi connectivity index (χ1) is 17.2. The largest absolute Gasteiger partial charge is 0.478 e. The summed E-state index contributed by atoms with van der Waals surface area (Å²) in [4.78, 5) is 61.1. The minimum absolute atomic E-state index is 0.0237. The summed E-state index contributed by atoms with van der Waals surface area (Å²) < 4.78 is 0. The number of carbonyl (C=O) groups excluding carboxylic acids is 3. The third-order valence-electron chi connectivity index (χ3n) is 5.42. The Labute approximate surface area is 210 Å². The number of nitrogens with two attached hydrogens (primary N) is 1. The van der Waals surface area contributed by atoms with Gasteiger partial charge < -0.3 is 26.8 Å². The number of nitro groups is 1. The van der Waals surface area contributed by atoms with Crippen molar-refractivity contribution in [3.63, 3.8) is 0 Å². The Morgan fingerprint density at radius 2 is 1.94 bits per heavy atom. The number of hydrogen-bond donors (Lipinski definition) is 5. The van der Waals surface area contributed by atoms with Gasteiger partial charge in [0.1, 0.15) is 6.04 Å². The Kier molecular flexibility index (Phi) is 8.97. The first kappa shape index (κ1) is 26.6. The summed E-state index contributed by atoms with van der Waals surface area (Å²) in [6, 6.07) is 7.09. The molecule has 6 N–H and O–H groups in total. The summed E-state index contributed by atoms with van der Waals surface area (Å²) in [5, 5.41) is 28.4. The highest BCUT2D eigenvalue weighted by molar-refractivity contribution is 7.98. The van der Waals surface area contributed by atoms with Crippen LogP contribution in [0.5, 0.6) is 0 Å². The van der Waals surface area contributed by atoms with Crippen LogP contribution in [-0.4, -0.2) is 52.9 Å². The highest BCUT2D eigenvalue weighted by Crippen LogP contribution is 2.32. The molecule has 0 spiro atoms. The van der Waals surface area contributed by atoms with Gasteiger partial charge in [-0.2, -0.15) is 0 Å². The first-order valence-corrected chi connectivity index (χ1v) is 12.0. The molecule has 2 aromatic carbocycles. The molecular formula is C23H25N5O7S. The molecule has 190 valence electrons. The SMILES string of the molecule is NCCCC[C@@H]1NC(=O)c2cc([N+](=O)[O-])ccc2SCc2ccc(C(=O)O)cc2NC(=O)CNC1=O. The molecule has 3 rings (SSSR count). The number of anilines is 1. The lowest BCUT2D eigenvalue weighted by atomic mass is 10.1. The number of nitrogens with zero attached hydrogens (tertiary/aromatic N) is 1. The van der Waals surface area contributed by atoms with Gasteiger partial charge in [0.05, 0.1) is 22.6 Å². The molecular weight excluding hydrogens is 490 g/mol. The summed E-state index contributed by atoms with van der Waals surface area (Å²) in [5.74, 6) is -2.80. The molecule has 2 aromatic rings. The van der Waals surface area contributed by atoms with Crippen molar-refractivity contribution in [2.24, 2.45) is 5.73 Å². The number of benzene rings is 2. The zero-order valence-electron chi connectivity index (χ0n) is 19.1. The van der Waals surface area contributed by atoms with Crippen molar-refractivity contribution in [1.29, 1.82) is 0 Å². The molecule has 12 nitrogen and oxygen atoms in total. The Balaban J connectivity index is 2.03. The molecule has 0 fully saturated rings. The summed E-state index contributed by atoms with van der Waals surface area (Å²) >= 11 is 1.18. The zero-order valence-corrected chi connectivity index (χ0v) is 19.9. The fourth-order valence-electron chi connectivity index (χ4n) is 3.52. The fourth-order valence-corrected chi connectivity index (χ4v) is 4.56. The number of nitrogens with one attached hydrogen (secondary N) is 3. The number of non-ortho nitro benzene ring substituents is 1. The Hall–Kier alpha value is -3.97. The number of carboxylic acids is 1. The number of fused-ring (bicyclic) bond motifs is 2. The number of hydrogen-bond acceptors (Lipinski definition) is 8. The van der Waals surface area contributed by atoms with E-state index in [1.165, 1.54) is 42.1 Å². The predicted octanol–water partition coefficient (Wildman–Crippen LogP) is 1.88. The van der Waals surface area contributed by atoms with Gasteiger partial charge in [-0.05, 0) is 49.6 Å². The second-order valence-corrected chi connectivity index (χ2v) is 9.00. The molecule has 0 bridgehead atoms. The summed E-state index contributed by atoms with van der Waals surface area (Å²) in [6.07, 6.45) is 1.39. The fraction of sp³-hybridized carbons (Fsp3) is 0.304. The van der Waals surface area contributed by atoms with Crippen molar-refractivity contribution in [3.8, 4) is 0 Å². The van der Waals surface area contributed by atoms with Gasteiger partial charge in [0.2, 0.25) is 11.8 Å². The van der Waals surface area contributed by atoms with Crippen LogP contribution in [0.1, 0.15) is 45.5 Å². The lowest BCUT2D eigenvalue weighted by Gasteiger charge is -2.20. The van der Waals surface area contributed by atoms with Crippen molar-refractivity contribution in [1.82, 2.24) is 10.6 Å². The van der Waals surface area contributed by atoms with Crippen molar-refractivity contribution >= 4 is 46.8 Å². The number of rotatable bonds is 6. The van der Waals surface area contributed by atoms with Gasteiger partial charge in [0, 0.05) is 28.5 Å². The number of carbonyl (C=O) groups is 4. The molecule has 1 atom stereocenters. The van der Waals surface area contributed by atoms with E-state index in [0.29, 0.717) is 29.8 Å². The van der Waals surface area contributed by atoms with Gasteiger partial charge in [-0.3, -0.25) is 24.5 Å². The van der Waals surface area contributed by atoms with Crippen LogP contribution in [-0.2, 0) is 15.3 Å². The molecule has 0 radical (unpaired) electrons. The van der Waals surface area contributed by atoms with E-state index in [-0.39, 0.29) is 34.7 Å². The number of aromatic carboxylic acids is 1. The van der Waals surface area contributed by atoms with Crippen LogP contribution in [0.3, 0.4) is 0 Å². The van der Waals surface area contributed by atoms with Crippen LogP contribution in [0.15, 0.2) is 41.3 Å². The Morgan fingerprint density at radius 1 is 1.17 bits per heavy atom. The van der Waals surface area contributed by atoms with Crippen LogP contribution in [0.2, 0.25) is 0 Å². The molecule has 1 aliphatic rings. The third-order valence-corrected chi connectivity index (χ3v) is 6.55. The van der Waals surface area contributed by atoms with Crippen molar-refractivity contribution in [2.75, 3.05) is 18.4 Å². The van der Waals surface area contributed by atoms with Gasteiger partial charge in [-0.15, -0.1) is 11.8 Å². The van der Waals surface area contributed by atoms with Crippen LogP contribution in [0.4, 0.5) is 11.4 Å². The van der Waals surface area contributed by atoms with Gasteiger partial charge in [-0.1, -0.05) is 6.07 Å². The number of thioether (sulfide) groups is 1. The molecule has 3 amide bonds. The molecule has 0 saturated carbocycles. The summed E-state index contributed by atoms with van der Waals surface area (Å²) in [6.45, 7) is -0.0118. The normalized spacial score (nSPS) is 16.5. The van der Waals surface area contributed by atoms with Crippen LogP contribution < -0.4 is 21.7 Å². The standard InChI is InChI=1S/C23H25N5O7S/c24-8-2-1-3-17-22(31)25-11-20(29)26-18-9-13(23(32)33)4-5-14(18)12-36-19-7-6-15(28(34)35)10-16(19)21(30)27-17/h4-7,9-10,17H,1-3,8,11-12,24H2,(H,25,31)(H,26,29)(H,27,30)(H,32,33)/t17-/m0/s1. The van der Waals surface area contributed by atoms with Crippen LogP contribution >= 0.6 is 11.8 Å². The maximum atomic E-state index is 13.2. The summed E-state index contributed by atoms with van der Waals surface area (Å²) in [5.41, 5.74) is 6.03. The first-order valence-electron chi connectivity index (χ1n) is 11.1. The predicted molar refractivity (Wildman–Crippen MR) is 132 cm³/mol. The van der Waals surface area contributed by atoms with Gasteiger partial charge >= 0.3 is 5.97 Å². The second-order valence-electron chi connectivity index (χ2n) is 7.98. The quantitative estimate of drug-likeness (QED) is 0.217. The van der Waals surface area contributed by atoms with E-state index < -0.39 is 41.2 Å². The molecule has 13 heteroatoms. The average Bonchev–Trinajstić information content (AvgIpc) is 2.85. The van der Waals surface area contributed by atoms with Gasteiger partial charge in [-0.25, -0.2) is 4.79 Å². The molecule has 36 heavy (non-hydrogen) atoms. The van der Waals surface area contributed by atoms with Crippen molar-refractivity contribution in [2.45, 2.75) is 36.0 Å². The maximum absolute atomic E-state index is 13.2. The topological polar surface area (TPSA) is 194 Å². The summed E-state index contributed by atoms with van der Waals surface area (Å²) in [7, 11) is 0. The molecule has 0 aromatic heterocycles. The van der Waals surface area contributed by atoms with E-state index in [9.17, 15) is 34.4 Å². The van der Waals surface area contributed by atoms with Crippen molar-refractivity contribution in [3.05, 3.63) is 63.2 Å².